The summed E-state index contributed by atoms with van der Waals surface area (Å²) in [4.78, 5) is 36.4. The molecule has 12 heteroatoms. The molecule has 5 rings (SSSR count). The number of hydrogen-bond donors (Lipinski definition) is 3. The molecule has 4 aromatic rings. The lowest BCUT2D eigenvalue weighted by Crippen LogP contribution is -2.39. The molecule has 9 nitrogen and oxygen atoms in total. The van der Waals surface area contributed by atoms with Crippen molar-refractivity contribution < 1.29 is 46.9 Å². The first-order valence-corrected chi connectivity index (χ1v) is 14.8. The number of hydrogen-bond acceptors (Lipinski definition) is 6. The van der Waals surface area contributed by atoms with Gasteiger partial charge in [-0.1, -0.05) is 24.3 Å². The molecule has 0 heterocycles. The average Bonchev–Trinajstić information content (AvgIpc) is 3.03. The number of nitrogens with one attached hydrogen (secondary N) is 2. The van der Waals surface area contributed by atoms with Crippen molar-refractivity contribution in [2.45, 2.75) is 50.6 Å². The number of anilines is 1. The quantitative estimate of drug-likeness (QED) is 0.155. The topological polar surface area (TPSA) is 123 Å². The van der Waals surface area contributed by atoms with Gasteiger partial charge >= 0.3 is 12.3 Å². The van der Waals surface area contributed by atoms with Gasteiger partial charge in [0.25, 0.3) is 5.91 Å². The molecular formula is C35H31F3N2O7. The van der Waals surface area contributed by atoms with E-state index in [1.165, 1.54) is 24.3 Å². The number of rotatable bonds is 11. The third-order valence-electron chi connectivity index (χ3n) is 7.44. The van der Waals surface area contributed by atoms with Gasteiger partial charge in [-0.3, -0.25) is 9.59 Å². The van der Waals surface area contributed by atoms with E-state index in [1.807, 2.05) is 12.1 Å². The molecule has 0 aliphatic heterocycles. The first-order chi connectivity index (χ1) is 22.5. The fourth-order valence-corrected chi connectivity index (χ4v) is 5.15. The van der Waals surface area contributed by atoms with E-state index >= 15 is 0 Å². The summed E-state index contributed by atoms with van der Waals surface area (Å²) in [5, 5.41) is 14.9. The van der Waals surface area contributed by atoms with Crippen molar-refractivity contribution in [3.8, 4) is 23.0 Å². The Kier molecular flexibility index (Phi) is 10.3. The number of carboxylic acid groups (broad SMARTS) is 1. The van der Waals surface area contributed by atoms with Crippen LogP contribution in [0.25, 0.3) is 0 Å². The van der Waals surface area contributed by atoms with Gasteiger partial charge in [-0.2, -0.15) is 0 Å². The highest BCUT2D eigenvalue weighted by molar-refractivity contribution is 6.01. The predicted octanol–water partition coefficient (Wildman–Crippen LogP) is 7.38. The van der Waals surface area contributed by atoms with E-state index in [9.17, 15) is 32.7 Å². The maximum Gasteiger partial charge on any atom is 0.573 e. The Hall–Kier alpha value is -5.52. The number of para-hydroxylation sites is 1. The first-order valence-electron chi connectivity index (χ1n) is 14.8. The number of carboxylic acids is 1. The van der Waals surface area contributed by atoms with Gasteiger partial charge in [0.2, 0.25) is 5.91 Å². The summed E-state index contributed by atoms with van der Waals surface area (Å²) in [5.74, 6) is -0.358. The van der Waals surface area contributed by atoms with Gasteiger partial charge in [0.15, 0.2) is 0 Å². The number of alkyl halides is 3. The summed E-state index contributed by atoms with van der Waals surface area (Å²) < 4.78 is 52.9. The van der Waals surface area contributed by atoms with Gasteiger partial charge in [0.05, 0.1) is 23.8 Å². The Morgan fingerprint density at radius 2 is 1.32 bits per heavy atom. The molecule has 244 valence electrons. The van der Waals surface area contributed by atoms with Crippen molar-refractivity contribution in [3.05, 3.63) is 114 Å². The molecule has 0 saturated heterocycles. The first kappa shape index (κ1) is 32.9. The van der Waals surface area contributed by atoms with Crippen LogP contribution in [0.4, 0.5) is 18.9 Å². The van der Waals surface area contributed by atoms with Crippen LogP contribution in [-0.2, 0) is 11.2 Å². The molecule has 0 bridgehead atoms. The van der Waals surface area contributed by atoms with Crippen LogP contribution in [0.2, 0.25) is 0 Å². The van der Waals surface area contributed by atoms with Crippen LogP contribution in [0.15, 0.2) is 97.1 Å². The van der Waals surface area contributed by atoms with E-state index in [1.54, 1.807) is 48.5 Å². The van der Waals surface area contributed by atoms with Gasteiger partial charge in [0, 0.05) is 11.6 Å². The second-order valence-corrected chi connectivity index (χ2v) is 10.9. The Labute approximate surface area is 268 Å². The van der Waals surface area contributed by atoms with Crippen molar-refractivity contribution in [3.63, 3.8) is 0 Å². The minimum absolute atomic E-state index is 0.0185. The fraction of sp³-hybridized carbons (Fsp3) is 0.229. The molecule has 2 amide bonds. The zero-order chi connectivity index (χ0) is 33.4. The van der Waals surface area contributed by atoms with E-state index in [2.05, 4.69) is 15.4 Å². The lowest BCUT2D eigenvalue weighted by atomic mass is 9.92. The van der Waals surface area contributed by atoms with Crippen LogP contribution in [0.3, 0.4) is 0 Å². The van der Waals surface area contributed by atoms with Crippen LogP contribution in [0.5, 0.6) is 23.0 Å². The third kappa shape index (κ3) is 9.73. The van der Waals surface area contributed by atoms with Crippen molar-refractivity contribution in [1.29, 1.82) is 0 Å². The van der Waals surface area contributed by atoms with Crippen LogP contribution < -0.4 is 24.8 Å². The number of benzene rings is 4. The van der Waals surface area contributed by atoms with Gasteiger partial charge in [-0.05, 0) is 104 Å². The highest BCUT2D eigenvalue weighted by atomic mass is 19.4. The van der Waals surface area contributed by atoms with Gasteiger partial charge in [-0.25, -0.2) is 4.79 Å². The molecule has 1 saturated carbocycles. The van der Waals surface area contributed by atoms with Gasteiger partial charge in [-0.15, -0.1) is 13.2 Å². The summed E-state index contributed by atoms with van der Waals surface area (Å²) in [7, 11) is 0. The summed E-state index contributed by atoms with van der Waals surface area (Å²) in [5.41, 5.74) is 1.24. The zero-order valence-electron chi connectivity index (χ0n) is 25.0. The maximum atomic E-state index is 12.5. The molecule has 0 spiro atoms. The smallest absolute Gasteiger partial charge is 0.490 e. The van der Waals surface area contributed by atoms with Crippen molar-refractivity contribution in [2.24, 2.45) is 0 Å². The van der Waals surface area contributed by atoms with E-state index in [4.69, 9.17) is 9.47 Å². The largest absolute Gasteiger partial charge is 0.573 e. The standard InChI is InChI=1S/C35H31F3N2O7/c36-35(37,38)47-29-13-7-23(8-14-29)33(42)39-24-9-15-26(16-10-24)46-28-19-17-27(18-20-28)45-25-11-5-22(6-12-25)21-32(41)40-31-4-2-1-3-30(31)34(43)44/h1-8,11-14,17-20,24,26H,9-10,15-16,21H2,(H,39,42)(H,40,41)(H,43,44). The van der Waals surface area contributed by atoms with E-state index in [0.29, 0.717) is 30.1 Å². The number of ether oxygens (including phenoxy) is 3. The van der Waals surface area contributed by atoms with Crippen LogP contribution >= 0.6 is 0 Å². The molecule has 47 heavy (non-hydrogen) atoms. The van der Waals surface area contributed by atoms with Crippen molar-refractivity contribution in [2.75, 3.05) is 5.32 Å². The predicted molar refractivity (Wildman–Crippen MR) is 166 cm³/mol. The summed E-state index contributed by atoms with van der Waals surface area (Å²) in [6.45, 7) is 0. The van der Waals surface area contributed by atoms with Crippen molar-refractivity contribution in [1.82, 2.24) is 5.32 Å². The van der Waals surface area contributed by atoms with Crippen LogP contribution in [0.1, 0.15) is 52.0 Å². The Bertz CT molecular complexity index is 1680. The van der Waals surface area contributed by atoms with Crippen LogP contribution in [-0.4, -0.2) is 41.4 Å². The maximum absolute atomic E-state index is 12.5. The number of halogens is 3. The molecule has 4 aromatic carbocycles. The fourth-order valence-electron chi connectivity index (χ4n) is 5.15. The lowest BCUT2D eigenvalue weighted by Gasteiger charge is -2.29. The SMILES string of the molecule is O=C(Cc1ccc(Oc2ccc(OC3CCC(NC(=O)c4ccc(OC(F)(F)F)cc4)CC3)cc2)cc1)Nc1ccccc1C(=O)O. The average molecular weight is 649 g/mol. The molecule has 3 N–H and O–H groups in total. The second kappa shape index (κ2) is 14.7. The number of aromatic carboxylic acids is 1. The highest BCUT2D eigenvalue weighted by Crippen LogP contribution is 2.28. The van der Waals surface area contributed by atoms with E-state index < -0.39 is 12.3 Å². The van der Waals surface area contributed by atoms with Crippen LogP contribution in [0, 0.1) is 0 Å². The highest BCUT2D eigenvalue weighted by Gasteiger charge is 2.31. The Morgan fingerprint density at radius 1 is 0.745 bits per heavy atom. The number of carbonyl (C=O) groups is 3. The molecular weight excluding hydrogens is 617 g/mol. The number of amides is 2. The summed E-state index contributed by atoms with van der Waals surface area (Å²) >= 11 is 0. The van der Waals surface area contributed by atoms with Crippen molar-refractivity contribution >= 4 is 23.5 Å². The minimum Gasteiger partial charge on any atom is -0.490 e. The second-order valence-electron chi connectivity index (χ2n) is 10.9. The van der Waals surface area contributed by atoms with E-state index in [-0.39, 0.29) is 52.9 Å². The van der Waals surface area contributed by atoms with Gasteiger partial charge < -0.3 is 30.0 Å². The third-order valence-corrected chi connectivity index (χ3v) is 7.44. The monoisotopic (exact) mass is 648 g/mol. The van der Waals surface area contributed by atoms with Gasteiger partial charge in [0.1, 0.15) is 23.0 Å². The molecule has 0 atom stereocenters. The normalized spacial score (nSPS) is 16.1. The molecule has 0 unspecified atom stereocenters. The number of carbonyl (C=O) groups excluding carboxylic acids is 2. The van der Waals surface area contributed by atoms with E-state index in [0.717, 1.165) is 30.5 Å². The lowest BCUT2D eigenvalue weighted by molar-refractivity contribution is -0.274. The molecule has 0 aromatic heterocycles. The molecule has 1 aliphatic carbocycles. The molecule has 1 fully saturated rings. The Balaban J connectivity index is 1.04. The summed E-state index contributed by atoms with van der Waals surface area (Å²) in [6, 6.07) is 25.1. The zero-order valence-corrected chi connectivity index (χ0v) is 25.0. The Morgan fingerprint density at radius 3 is 1.94 bits per heavy atom. The molecule has 0 radical (unpaired) electrons. The minimum atomic E-state index is -4.79. The molecule has 1 aliphatic rings. The summed E-state index contributed by atoms with van der Waals surface area (Å²) in [6.07, 6.45) is -1.93.